The van der Waals surface area contributed by atoms with Crippen molar-refractivity contribution in [3.63, 3.8) is 0 Å². The summed E-state index contributed by atoms with van der Waals surface area (Å²) in [4.78, 5) is 13.7. The first kappa shape index (κ1) is 14.4. The van der Waals surface area contributed by atoms with Gasteiger partial charge in [-0.2, -0.15) is 0 Å². The van der Waals surface area contributed by atoms with E-state index in [4.69, 9.17) is 9.94 Å². The van der Waals surface area contributed by atoms with Crippen LogP contribution in [-0.4, -0.2) is 35.5 Å². The third-order valence-corrected chi connectivity index (χ3v) is 3.60. The molecule has 20 heavy (non-hydrogen) atoms. The molecule has 0 aromatic heterocycles. The van der Waals surface area contributed by atoms with Crippen LogP contribution in [0.25, 0.3) is 0 Å². The van der Waals surface area contributed by atoms with Crippen molar-refractivity contribution in [2.45, 2.75) is 25.9 Å². The van der Waals surface area contributed by atoms with Crippen molar-refractivity contribution >= 4 is 12.3 Å². The maximum absolute atomic E-state index is 11.9. The zero-order valence-electron chi connectivity index (χ0n) is 11.4. The molecule has 0 unspecified atom stereocenters. The van der Waals surface area contributed by atoms with Crippen molar-refractivity contribution < 1.29 is 14.7 Å². The molecule has 1 aliphatic heterocycles. The predicted octanol–water partition coefficient (Wildman–Crippen LogP) is 2.89. The first-order chi connectivity index (χ1) is 9.79. The van der Waals surface area contributed by atoms with Gasteiger partial charge in [0.25, 0.3) is 0 Å². The summed E-state index contributed by atoms with van der Waals surface area (Å²) in [6.45, 7) is 1.73. The molecular formula is C15H20N2O3. The molecule has 0 saturated carbocycles. The van der Waals surface area contributed by atoms with Crippen LogP contribution >= 0.6 is 0 Å². The predicted molar refractivity (Wildman–Crippen MR) is 75.8 cm³/mol. The third kappa shape index (κ3) is 4.26. The average Bonchev–Trinajstić information content (AvgIpc) is 2.52. The zero-order valence-corrected chi connectivity index (χ0v) is 11.4. The molecular weight excluding hydrogens is 256 g/mol. The molecule has 0 atom stereocenters. The van der Waals surface area contributed by atoms with Gasteiger partial charge in [0.2, 0.25) is 0 Å². The number of rotatable bonds is 4. The molecule has 0 spiro atoms. The highest BCUT2D eigenvalue weighted by Crippen LogP contribution is 2.20. The van der Waals surface area contributed by atoms with Gasteiger partial charge in [-0.15, -0.1) is 5.16 Å². The van der Waals surface area contributed by atoms with E-state index in [0.717, 1.165) is 24.8 Å². The van der Waals surface area contributed by atoms with Gasteiger partial charge in [-0.1, -0.05) is 30.3 Å². The number of hydrogen-bond acceptors (Lipinski definition) is 4. The van der Waals surface area contributed by atoms with Crippen molar-refractivity contribution in [3.05, 3.63) is 35.9 Å². The summed E-state index contributed by atoms with van der Waals surface area (Å²) in [6.07, 6.45) is 3.89. The van der Waals surface area contributed by atoms with Crippen LogP contribution < -0.4 is 0 Å². The van der Waals surface area contributed by atoms with Crippen LogP contribution in [0.4, 0.5) is 4.79 Å². The van der Waals surface area contributed by atoms with Crippen molar-refractivity contribution in [3.8, 4) is 0 Å². The number of oxime groups is 1. The van der Waals surface area contributed by atoms with E-state index in [-0.39, 0.29) is 6.09 Å². The molecule has 2 rings (SSSR count). The Morgan fingerprint density at radius 2 is 2.05 bits per heavy atom. The summed E-state index contributed by atoms with van der Waals surface area (Å²) in [5, 5.41) is 11.4. The number of benzene rings is 1. The summed E-state index contributed by atoms with van der Waals surface area (Å²) < 4.78 is 5.30. The number of likely N-dealkylation sites (tertiary alicyclic amines) is 1. The van der Waals surface area contributed by atoms with E-state index < -0.39 is 0 Å². The number of carbonyl (C=O) groups is 1. The number of carbonyl (C=O) groups excluding carboxylic acids is 1. The second kappa shape index (κ2) is 7.53. The first-order valence-corrected chi connectivity index (χ1v) is 6.91. The monoisotopic (exact) mass is 276 g/mol. The Hall–Kier alpha value is -2.04. The maximum Gasteiger partial charge on any atom is 0.410 e. The minimum Gasteiger partial charge on any atom is -0.445 e. The van der Waals surface area contributed by atoms with E-state index in [1.54, 1.807) is 4.90 Å². The van der Waals surface area contributed by atoms with E-state index in [9.17, 15) is 4.79 Å². The molecule has 1 aromatic rings. The number of ether oxygens (including phenoxy) is 1. The lowest BCUT2D eigenvalue weighted by atomic mass is 9.94. The van der Waals surface area contributed by atoms with E-state index >= 15 is 0 Å². The zero-order chi connectivity index (χ0) is 14.2. The summed E-state index contributed by atoms with van der Waals surface area (Å²) >= 11 is 0. The number of hydrogen-bond donors (Lipinski definition) is 1. The highest BCUT2D eigenvalue weighted by Gasteiger charge is 2.23. The molecule has 5 heteroatoms. The minimum absolute atomic E-state index is 0.247. The van der Waals surface area contributed by atoms with Crippen molar-refractivity contribution in [1.29, 1.82) is 0 Å². The van der Waals surface area contributed by atoms with E-state index in [0.29, 0.717) is 25.6 Å². The van der Waals surface area contributed by atoms with Crippen molar-refractivity contribution in [1.82, 2.24) is 4.90 Å². The summed E-state index contributed by atoms with van der Waals surface area (Å²) in [5.41, 5.74) is 0.995. The fourth-order valence-electron chi connectivity index (χ4n) is 2.36. The quantitative estimate of drug-likeness (QED) is 0.522. The Morgan fingerprint density at radius 3 is 2.70 bits per heavy atom. The van der Waals surface area contributed by atoms with Gasteiger partial charge in [0.15, 0.2) is 0 Å². The molecule has 0 aliphatic carbocycles. The number of nitrogens with zero attached hydrogens (tertiary/aromatic N) is 2. The third-order valence-electron chi connectivity index (χ3n) is 3.60. The second-order valence-electron chi connectivity index (χ2n) is 5.00. The second-order valence-corrected chi connectivity index (χ2v) is 5.00. The van der Waals surface area contributed by atoms with E-state index in [1.165, 1.54) is 6.21 Å². The van der Waals surface area contributed by atoms with Gasteiger partial charge < -0.3 is 14.8 Å². The van der Waals surface area contributed by atoms with Gasteiger partial charge in [0, 0.05) is 19.3 Å². The van der Waals surface area contributed by atoms with Crippen LogP contribution in [0.2, 0.25) is 0 Å². The van der Waals surface area contributed by atoms with Crippen LogP contribution in [0.5, 0.6) is 0 Å². The molecule has 1 fully saturated rings. The molecule has 1 saturated heterocycles. The fraction of sp³-hybridized carbons (Fsp3) is 0.467. The fourth-order valence-corrected chi connectivity index (χ4v) is 2.36. The Kier molecular flexibility index (Phi) is 5.41. The Morgan fingerprint density at radius 1 is 1.35 bits per heavy atom. The van der Waals surface area contributed by atoms with E-state index in [1.807, 2.05) is 30.3 Å². The Balaban J connectivity index is 1.72. The van der Waals surface area contributed by atoms with Crippen LogP contribution in [0.1, 0.15) is 24.8 Å². The minimum atomic E-state index is -0.247. The maximum atomic E-state index is 11.9. The lowest BCUT2D eigenvalue weighted by Crippen LogP contribution is -2.38. The van der Waals surface area contributed by atoms with Gasteiger partial charge in [-0.05, 0) is 30.7 Å². The van der Waals surface area contributed by atoms with Gasteiger partial charge >= 0.3 is 6.09 Å². The molecule has 0 radical (unpaired) electrons. The molecule has 1 aromatic carbocycles. The average molecular weight is 276 g/mol. The standard InChI is InChI=1S/C15H20N2O3/c18-15(20-12-14-4-2-1-3-5-14)17-10-7-13(8-11-17)6-9-16-19/h1-5,9,13,19H,6-8,10-12H2. The molecule has 5 nitrogen and oxygen atoms in total. The van der Waals surface area contributed by atoms with Crippen LogP contribution in [0, 0.1) is 5.92 Å². The summed E-state index contributed by atoms with van der Waals surface area (Å²) in [5.74, 6) is 0.490. The van der Waals surface area contributed by atoms with Crippen LogP contribution in [-0.2, 0) is 11.3 Å². The topological polar surface area (TPSA) is 62.1 Å². The lowest BCUT2D eigenvalue weighted by Gasteiger charge is -2.30. The van der Waals surface area contributed by atoms with Crippen LogP contribution in [0.15, 0.2) is 35.5 Å². The normalized spacial score (nSPS) is 16.5. The summed E-state index contributed by atoms with van der Waals surface area (Å²) in [6, 6.07) is 9.67. The smallest absolute Gasteiger partial charge is 0.410 e. The van der Waals surface area contributed by atoms with Gasteiger partial charge in [-0.25, -0.2) is 4.79 Å². The molecule has 0 bridgehead atoms. The number of piperidine rings is 1. The highest BCUT2D eigenvalue weighted by atomic mass is 16.6. The Labute approximate surface area is 118 Å². The molecule has 1 aliphatic rings. The SMILES string of the molecule is O=C(OCc1ccccc1)N1CCC(CC=NO)CC1. The molecule has 1 N–H and O–H groups in total. The lowest BCUT2D eigenvalue weighted by molar-refractivity contribution is 0.0829. The highest BCUT2D eigenvalue weighted by molar-refractivity contribution is 5.67. The van der Waals surface area contributed by atoms with Crippen molar-refractivity contribution in [2.75, 3.05) is 13.1 Å². The van der Waals surface area contributed by atoms with Gasteiger partial charge in [0.1, 0.15) is 6.61 Å². The van der Waals surface area contributed by atoms with Gasteiger partial charge in [-0.3, -0.25) is 0 Å². The molecule has 108 valence electrons. The van der Waals surface area contributed by atoms with Crippen molar-refractivity contribution in [2.24, 2.45) is 11.1 Å². The molecule has 1 amide bonds. The van der Waals surface area contributed by atoms with Gasteiger partial charge in [0.05, 0.1) is 0 Å². The van der Waals surface area contributed by atoms with E-state index in [2.05, 4.69) is 5.16 Å². The van der Waals surface area contributed by atoms with Crippen LogP contribution in [0.3, 0.4) is 0 Å². The summed E-state index contributed by atoms with van der Waals surface area (Å²) in [7, 11) is 0. The largest absolute Gasteiger partial charge is 0.445 e. The Bertz CT molecular complexity index is 440. The first-order valence-electron chi connectivity index (χ1n) is 6.91. The molecule has 1 heterocycles. The number of amides is 1.